The van der Waals surface area contributed by atoms with Crippen molar-refractivity contribution in [1.29, 1.82) is 0 Å². The van der Waals surface area contributed by atoms with Gasteiger partial charge < -0.3 is 15.3 Å². The largest absolute Gasteiger partial charge is 0.507 e. The molecule has 5 heteroatoms. The first-order valence-corrected chi connectivity index (χ1v) is 8.70. The molecule has 26 heavy (non-hydrogen) atoms. The number of nitrogens with one attached hydrogen (secondary N) is 1. The second kappa shape index (κ2) is 6.33. The minimum Gasteiger partial charge on any atom is -0.507 e. The van der Waals surface area contributed by atoms with Crippen LogP contribution < -0.4 is 5.32 Å². The van der Waals surface area contributed by atoms with E-state index in [1.165, 1.54) is 6.07 Å². The Hall–Kier alpha value is -3.08. The van der Waals surface area contributed by atoms with Crippen LogP contribution in [0, 0.1) is 6.92 Å². The van der Waals surface area contributed by atoms with Crippen LogP contribution in [0.3, 0.4) is 0 Å². The van der Waals surface area contributed by atoms with Gasteiger partial charge in [0.15, 0.2) is 0 Å². The second-order valence-corrected chi connectivity index (χ2v) is 6.87. The van der Waals surface area contributed by atoms with Gasteiger partial charge in [-0.05, 0) is 30.2 Å². The number of fused-ring (bicyclic) bond motifs is 1. The average Bonchev–Trinajstić information content (AvgIpc) is 3.20. The summed E-state index contributed by atoms with van der Waals surface area (Å²) in [5, 5.41) is 12.8. The number of phenols is 1. The highest BCUT2D eigenvalue weighted by atomic mass is 16.3. The molecule has 2 aliphatic rings. The summed E-state index contributed by atoms with van der Waals surface area (Å²) in [6.45, 7) is 2.32. The van der Waals surface area contributed by atoms with Crippen molar-refractivity contribution in [3.63, 3.8) is 0 Å². The van der Waals surface area contributed by atoms with Crippen LogP contribution in [-0.2, 0) is 4.79 Å². The summed E-state index contributed by atoms with van der Waals surface area (Å²) >= 11 is 0. The van der Waals surface area contributed by atoms with Gasteiger partial charge in [-0.25, -0.2) is 0 Å². The Balaban J connectivity index is 1.48. The van der Waals surface area contributed by atoms with Crippen molar-refractivity contribution in [1.82, 2.24) is 10.2 Å². The average molecular weight is 348 g/mol. The highest BCUT2D eigenvalue weighted by Gasteiger charge is 2.36. The van der Waals surface area contributed by atoms with Crippen molar-refractivity contribution >= 4 is 17.9 Å². The van der Waals surface area contributed by atoms with Crippen molar-refractivity contribution in [3.05, 3.63) is 70.8 Å². The van der Waals surface area contributed by atoms with Crippen LogP contribution in [0.1, 0.15) is 39.5 Å². The van der Waals surface area contributed by atoms with Crippen LogP contribution in [0.5, 0.6) is 5.75 Å². The van der Waals surface area contributed by atoms with Gasteiger partial charge >= 0.3 is 0 Å². The summed E-state index contributed by atoms with van der Waals surface area (Å²) in [4.78, 5) is 26.8. The molecule has 2 aromatic rings. The Bertz CT molecular complexity index is 919. The number of benzene rings is 2. The van der Waals surface area contributed by atoms with E-state index in [0.29, 0.717) is 6.54 Å². The Kier molecular flexibility index (Phi) is 3.99. The standard InChI is InChI=1S/C21H20N2O3/c1-13-6-9-19(24)17(10-13)21(26)22-15-11-20(25)23(12-15)18-8-7-14-4-2-3-5-16(14)18/h2-10,15,18,24H,11-12H2,1H3,(H,22,26)/t15-,18?/m0/s1. The molecule has 0 saturated carbocycles. The highest BCUT2D eigenvalue weighted by Crippen LogP contribution is 2.35. The molecule has 2 atom stereocenters. The summed E-state index contributed by atoms with van der Waals surface area (Å²) in [5.74, 6) is -0.384. The van der Waals surface area contributed by atoms with Gasteiger partial charge in [-0.2, -0.15) is 0 Å². The number of likely N-dealkylation sites (tertiary alicyclic amines) is 1. The minimum atomic E-state index is -0.354. The number of hydrogen-bond acceptors (Lipinski definition) is 3. The lowest BCUT2D eigenvalue weighted by atomic mass is 10.1. The molecule has 2 N–H and O–H groups in total. The normalized spacial score (nSPS) is 21.1. The van der Waals surface area contributed by atoms with Gasteiger partial charge in [0, 0.05) is 13.0 Å². The molecule has 1 saturated heterocycles. The van der Waals surface area contributed by atoms with E-state index in [-0.39, 0.29) is 41.6 Å². The predicted molar refractivity (Wildman–Crippen MR) is 98.6 cm³/mol. The van der Waals surface area contributed by atoms with Gasteiger partial charge in [0.2, 0.25) is 5.91 Å². The third-order valence-corrected chi connectivity index (χ3v) is 5.00. The van der Waals surface area contributed by atoms with Gasteiger partial charge in [0.25, 0.3) is 5.91 Å². The van der Waals surface area contributed by atoms with Crippen molar-refractivity contribution in [2.24, 2.45) is 0 Å². The van der Waals surface area contributed by atoms with E-state index in [0.717, 1.165) is 16.7 Å². The fourth-order valence-electron chi connectivity index (χ4n) is 3.69. The zero-order valence-corrected chi connectivity index (χ0v) is 14.5. The molecule has 1 aliphatic carbocycles. The molecule has 5 nitrogen and oxygen atoms in total. The van der Waals surface area contributed by atoms with Crippen LogP contribution in [0.25, 0.3) is 6.08 Å². The smallest absolute Gasteiger partial charge is 0.255 e. The van der Waals surface area contributed by atoms with Gasteiger partial charge in [-0.3, -0.25) is 9.59 Å². The maximum absolute atomic E-state index is 12.5. The number of aromatic hydroxyl groups is 1. The molecular formula is C21H20N2O3. The molecule has 0 spiro atoms. The molecular weight excluding hydrogens is 328 g/mol. The molecule has 132 valence electrons. The number of hydrogen-bond donors (Lipinski definition) is 2. The molecule has 0 aromatic heterocycles. The summed E-state index contributed by atoms with van der Waals surface area (Å²) in [5.41, 5.74) is 3.37. The minimum absolute atomic E-state index is 0.0233. The summed E-state index contributed by atoms with van der Waals surface area (Å²) in [6.07, 6.45) is 4.33. The van der Waals surface area contributed by atoms with E-state index in [1.54, 1.807) is 12.1 Å². The third kappa shape index (κ3) is 2.86. The first-order chi connectivity index (χ1) is 12.5. The van der Waals surface area contributed by atoms with Crippen LogP contribution in [0.2, 0.25) is 0 Å². The Labute approximate surface area is 151 Å². The number of phenolic OH excluding ortho intramolecular Hbond substituents is 1. The number of nitrogens with zero attached hydrogens (tertiary/aromatic N) is 1. The fourth-order valence-corrected chi connectivity index (χ4v) is 3.69. The lowest BCUT2D eigenvalue weighted by Crippen LogP contribution is -2.37. The fraction of sp³-hybridized carbons (Fsp3) is 0.238. The molecule has 0 bridgehead atoms. The van der Waals surface area contributed by atoms with E-state index in [1.807, 2.05) is 48.2 Å². The zero-order valence-electron chi connectivity index (χ0n) is 14.5. The first-order valence-electron chi connectivity index (χ1n) is 8.70. The first kappa shape index (κ1) is 16.4. The summed E-state index contributed by atoms with van der Waals surface area (Å²) in [6, 6.07) is 12.6. The predicted octanol–water partition coefficient (Wildman–Crippen LogP) is 2.80. The Morgan fingerprint density at radius 2 is 2.04 bits per heavy atom. The molecule has 0 radical (unpaired) electrons. The summed E-state index contributed by atoms with van der Waals surface area (Å²) in [7, 11) is 0. The van der Waals surface area contributed by atoms with Crippen molar-refractivity contribution in [3.8, 4) is 5.75 Å². The molecule has 1 heterocycles. The summed E-state index contributed by atoms with van der Waals surface area (Å²) < 4.78 is 0. The van der Waals surface area contributed by atoms with Gasteiger partial charge in [0.05, 0.1) is 17.6 Å². The van der Waals surface area contributed by atoms with E-state index in [4.69, 9.17) is 0 Å². The Morgan fingerprint density at radius 3 is 2.88 bits per heavy atom. The van der Waals surface area contributed by atoms with E-state index in [2.05, 4.69) is 5.32 Å². The second-order valence-electron chi connectivity index (χ2n) is 6.87. The molecule has 4 rings (SSSR count). The van der Waals surface area contributed by atoms with Crippen LogP contribution in [0.4, 0.5) is 0 Å². The quantitative estimate of drug-likeness (QED) is 0.896. The lowest BCUT2D eigenvalue weighted by Gasteiger charge is -2.24. The van der Waals surface area contributed by atoms with Crippen LogP contribution >= 0.6 is 0 Å². The number of carbonyl (C=O) groups is 2. The monoisotopic (exact) mass is 348 g/mol. The van der Waals surface area contributed by atoms with Gasteiger partial charge in [-0.15, -0.1) is 0 Å². The number of carbonyl (C=O) groups excluding carboxylic acids is 2. The lowest BCUT2D eigenvalue weighted by molar-refractivity contribution is -0.128. The number of aryl methyl sites for hydroxylation is 1. The maximum atomic E-state index is 12.5. The van der Waals surface area contributed by atoms with Crippen molar-refractivity contribution in [2.75, 3.05) is 6.54 Å². The molecule has 1 unspecified atom stereocenters. The topological polar surface area (TPSA) is 69.6 Å². The molecule has 2 aromatic carbocycles. The van der Waals surface area contributed by atoms with E-state index >= 15 is 0 Å². The SMILES string of the molecule is Cc1ccc(O)c(C(=O)N[C@H]2CC(=O)N(C3C=Cc4ccccc43)C2)c1. The zero-order chi connectivity index (χ0) is 18.3. The maximum Gasteiger partial charge on any atom is 0.255 e. The third-order valence-electron chi connectivity index (χ3n) is 5.00. The Morgan fingerprint density at radius 1 is 1.23 bits per heavy atom. The molecule has 1 aliphatic heterocycles. The highest BCUT2D eigenvalue weighted by molar-refractivity contribution is 5.97. The van der Waals surface area contributed by atoms with Gasteiger partial charge in [0.1, 0.15) is 5.75 Å². The molecule has 1 fully saturated rings. The number of rotatable bonds is 3. The van der Waals surface area contributed by atoms with Crippen molar-refractivity contribution < 1.29 is 14.7 Å². The van der Waals surface area contributed by atoms with Gasteiger partial charge in [-0.1, -0.05) is 48.0 Å². The van der Waals surface area contributed by atoms with Crippen LogP contribution in [0.15, 0.2) is 48.5 Å². The van der Waals surface area contributed by atoms with E-state index < -0.39 is 0 Å². The van der Waals surface area contributed by atoms with Crippen molar-refractivity contribution in [2.45, 2.75) is 25.4 Å². The number of amides is 2. The van der Waals surface area contributed by atoms with Crippen LogP contribution in [-0.4, -0.2) is 34.4 Å². The van der Waals surface area contributed by atoms with E-state index in [9.17, 15) is 14.7 Å². The molecule has 2 amide bonds.